The first-order chi connectivity index (χ1) is 9.49. The smallest absolute Gasteiger partial charge is 0.257 e. The summed E-state index contributed by atoms with van der Waals surface area (Å²) in [5.74, 6) is 0.547. The molecule has 4 nitrogen and oxygen atoms in total. The van der Waals surface area contributed by atoms with Crippen LogP contribution in [-0.4, -0.2) is 35.9 Å². The van der Waals surface area contributed by atoms with Crippen molar-refractivity contribution < 1.29 is 4.79 Å². The third-order valence-electron chi connectivity index (χ3n) is 3.47. The summed E-state index contributed by atoms with van der Waals surface area (Å²) >= 11 is 0. The van der Waals surface area contributed by atoms with Gasteiger partial charge in [0, 0.05) is 32.0 Å². The Bertz CT molecular complexity index is 445. The first-order valence-electron chi connectivity index (χ1n) is 7.45. The molecule has 1 heterocycles. The van der Waals surface area contributed by atoms with Crippen molar-refractivity contribution in [1.29, 1.82) is 0 Å². The first-order valence-corrected chi connectivity index (χ1v) is 7.45. The maximum absolute atomic E-state index is 12.5. The lowest BCUT2D eigenvalue weighted by molar-refractivity contribution is 0.0775. The van der Waals surface area contributed by atoms with Gasteiger partial charge in [-0.2, -0.15) is 0 Å². The quantitative estimate of drug-likeness (QED) is 0.831. The number of anilines is 1. The van der Waals surface area contributed by atoms with E-state index in [4.69, 9.17) is 0 Å². The van der Waals surface area contributed by atoms with E-state index in [2.05, 4.69) is 31.1 Å². The minimum atomic E-state index is 0.0383. The van der Waals surface area contributed by atoms with E-state index in [1.807, 2.05) is 20.0 Å². The molecular formula is C16H27N3O. The van der Waals surface area contributed by atoms with Crippen molar-refractivity contribution in [3.8, 4) is 0 Å². The molecule has 1 N–H and O–H groups in total. The van der Waals surface area contributed by atoms with Crippen molar-refractivity contribution in [3.63, 3.8) is 0 Å². The van der Waals surface area contributed by atoms with E-state index in [9.17, 15) is 4.79 Å². The molecule has 1 unspecified atom stereocenters. The SMILES string of the molecule is CCCNc1cc(C)ncc1C(=O)N(C)CC(C)CC. The van der Waals surface area contributed by atoms with Gasteiger partial charge in [-0.1, -0.05) is 27.2 Å². The number of rotatable bonds is 7. The lowest BCUT2D eigenvalue weighted by Gasteiger charge is -2.22. The van der Waals surface area contributed by atoms with Crippen molar-refractivity contribution >= 4 is 11.6 Å². The van der Waals surface area contributed by atoms with Crippen LogP contribution < -0.4 is 5.32 Å². The summed E-state index contributed by atoms with van der Waals surface area (Å²) in [6.07, 6.45) is 3.78. The standard InChI is InChI=1S/C16H27N3O/c1-6-8-17-15-9-13(4)18-10-14(15)16(20)19(5)11-12(3)7-2/h9-10,12H,6-8,11H2,1-5H3,(H,17,18). The Balaban J connectivity index is 2.90. The van der Waals surface area contributed by atoms with Gasteiger partial charge in [0.15, 0.2) is 0 Å². The minimum Gasteiger partial charge on any atom is -0.384 e. The van der Waals surface area contributed by atoms with Crippen molar-refractivity contribution in [1.82, 2.24) is 9.88 Å². The molecule has 0 bridgehead atoms. The third-order valence-corrected chi connectivity index (χ3v) is 3.47. The van der Waals surface area contributed by atoms with E-state index in [0.29, 0.717) is 11.5 Å². The molecule has 20 heavy (non-hydrogen) atoms. The van der Waals surface area contributed by atoms with E-state index in [0.717, 1.165) is 37.3 Å². The molecule has 0 saturated carbocycles. The van der Waals surface area contributed by atoms with E-state index in [1.165, 1.54) is 0 Å². The molecule has 1 aromatic rings. The van der Waals surface area contributed by atoms with E-state index < -0.39 is 0 Å². The van der Waals surface area contributed by atoms with Crippen LogP contribution in [-0.2, 0) is 0 Å². The molecule has 0 aliphatic heterocycles. The zero-order valence-corrected chi connectivity index (χ0v) is 13.4. The van der Waals surface area contributed by atoms with Crippen LogP contribution in [0.25, 0.3) is 0 Å². The Morgan fingerprint density at radius 2 is 2.15 bits per heavy atom. The van der Waals surface area contributed by atoms with Crippen molar-refractivity contribution in [2.24, 2.45) is 5.92 Å². The number of aromatic nitrogens is 1. The number of hydrogen-bond donors (Lipinski definition) is 1. The van der Waals surface area contributed by atoms with E-state index in [1.54, 1.807) is 11.1 Å². The molecule has 4 heteroatoms. The largest absolute Gasteiger partial charge is 0.384 e. The molecule has 0 aromatic carbocycles. The van der Waals surface area contributed by atoms with Gasteiger partial charge in [0.25, 0.3) is 5.91 Å². The molecule has 0 radical (unpaired) electrons. The maximum atomic E-state index is 12.5. The van der Waals surface area contributed by atoms with Crippen molar-refractivity contribution in [3.05, 3.63) is 23.5 Å². The summed E-state index contributed by atoms with van der Waals surface area (Å²) in [4.78, 5) is 18.6. The molecular weight excluding hydrogens is 250 g/mol. The number of nitrogens with zero attached hydrogens (tertiary/aromatic N) is 2. The molecule has 1 atom stereocenters. The molecule has 1 amide bonds. The van der Waals surface area contributed by atoms with Gasteiger partial charge >= 0.3 is 0 Å². The van der Waals surface area contributed by atoms with Gasteiger partial charge in [0.2, 0.25) is 0 Å². The summed E-state index contributed by atoms with van der Waals surface area (Å²) in [5.41, 5.74) is 2.47. The van der Waals surface area contributed by atoms with Crippen LogP contribution in [0.3, 0.4) is 0 Å². The minimum absolute atomic E-state index is 0.0383. The highest BCUT2D eigenvalue weighted by molar-refractivity contribution is 5.99. The lowest BCUT2D eigenvalue weighted by Crippen LogP contribution is -2.31. The summed E-state index contributed by atoms with van der Waals surface area (Å²) in [6.45, 7) is 9.99. The molecule has 0 fully saturated rings. The summed E-state index contributed by atoms with van der Waals surface area (Å²) in [6, 6.07) is 1.94. The Morgan fingerprint density at radius 1 is 1.45 bits per heavy atom. The number of hydrogen-bond acceptors (Lipinski definition) is 3. The topological polar surface area (TPSA) is 45.2 Å². The second kappa shape index (κ2) is 7.88. The monoisotopic (exact) mass is 277 g/mol. The van der Waals surface area contributed by atoms with Crippen LogP contribution in [0, 0.1) is 12.8 Å². The first kappa shape index (κ1) is 16.5. The highest BCUT2D eigenvalue weighted by Crippen LogP contribution is 2.18. The fourth-order valence-corrected chi connectivity index (χ4v) is 2.02. The van der Waals surface area contributed by atoms with Gasteiger partial charge in [-0.05, 0) is 25.3 Å². The van der Waals surface area contributed by atoms with Gasteiger partial charge in [-0.3, -0.25) is 9.78 Å². The number of pyridine rings is 1. The number of aryl methyl sites for hydroxylation is 1. The zero-order chi connectivity index (χ0) is 15.1. The van der Waals surface area contributed by atoms with Crippen LogP contribution in [0.1, 0.15) is 49.7 Å². The molecule has 0 saturated heterocycles. The average Bonchev–Trinajstić information content (AvgIpc) is 2.44. The van der Waals surface area contributed by atoms with Gasteiger partial charge in [0.1, 0.15) is 0 Å². The van der Waals surface area contributed by atoms with Gasteiger partial charge in [-0.25, -0.2) is 0 Å². The molecule has 112 valence electrons. The third kappa shape index (κ3) is 4.51. The summed E-state index contributed by atoms with van der Waals surface area (Å²) in [5, 5.41) is 3.32. The second-order valence-corrected chi connectivity index (χ2v) is 5.50. The predicted molar refractivity (Wildman–Crippen MR) is 84.2 cm³/mol. The van der Waals surface area contributed by atoms with Crippen molar-refractivity contribution in [2.75, 3.05) is 25.5 Å². The van der Waals surface area contributed by atoms with Crippen LogP contribution in [0.5, 0.6) is 0 Å². The molecule has 1 aromatic heterocycles. The van der Waals surface area contributed by atoms with Crippen LogP contribution in [0.15, 0.2) is 12.3 Å². The predicted octanol–water partition coefficient (Wildman–Crippen LogP) is 3.33. The zero-order valence-electron chi connectivity index (χ0n) is 13.4. The van der Waals surface area contributed by atoms with Gasteiger partial charge < -0.3 is 10.2 Å². The lowest BCUT2D eigenvalue weighted by atomic mass is 10.1. The highest BCUT2D eigenvalue weighted by atomic mass is 16.2. The fourth-order valence-electron chi connectivity index (χ4n) is 2.02. The Kier molecular flexibility index (Phi) is 6.49. The number of nitrogens with one attached hydrogen (secondary N) is 1. The normalized spacial score (nSPS) is 12.1. The highest BCUT2D eigenvalue weighted by Gasteiger charge is 2.17. The molecule has 0 aliphatic rings. The van der Waals surface area contributed by atoms with Gasteiger partial charge in [0.05, 0.1) is 11.3 Å². The Labute approximate surface area is 122 Å². The average molecular weight is 277 g/mol. The van der Waals surface area contributed by atoms with Crippen LogP contribution in [0.2, 0.25) is 0 Å². The summed E-state index contributed by atoms with van der Waals surface area (Å²) in [7, 11) is 1.86. The van der Waals surface area contributed by atoms with Crippen LogP contribution in [0.4, 0.5) is 5.69 Å². The molecule has 0 spiro atoms. The van der Waals surface area contributed by atoms with E-state index >= 15 is 0 Å². The number of amides is 1. The number of carbonyl (C=O) groups excluding carboxylic acids is 1. The second-order valence-electron chi connectivity index (χ2n) is 5.50. The Hall–Kier alpha value is -1.58. The Morgan fingerprint density at radius 3 is 2.75 bits per heavy atom. The van der Waals surface area contributed by atoms with Gasteiger partial charge in [-0.15, -0.1) is 0 Å². The maximum Gasteiger partial charge on any atom is 0.257 e. The van der Waals surface area contributed by atoms with E-state index in [-0.39, 0.29) is 5.91 Å². The number of carbonyl (C=O) groups is 1. The molecule has 0 aliphatic carbocycles. The van der Waals surface area contributed by atoms with Crippen LogP contribution >= 0.6 is 0 Å². The molecule has 1 rings (SSSR count). The summed E-state index contributed by atoms with van der Waals surface area (Å²) < 4.78 is 0. The van der Waals surface area contributed by atoms with Crippen molar-refractivity contribution in [2.45, 2.75) is 40.5 Å². The fraction of sp³-hybridized carbons (Fsp3) is 0.625.